The second-order valence-corrected chi connectivity index (χ2v) is 9.39. The first-order valence-electron chi connectivity index (χ1n) is 9.68. The van der Waals surface area contributed by atoms with E-state index in [1.165, 1.54) is 0 Å². The molecule has 4 aliphatic rings. The molecule has 0 saturated carbocycles. The number of hydrogen-bond acceptors (Lipinski definition) is 8. The molecule has 1 spiro atoms. The van der Waals surface area contributed by atoms with Gasteiger partial charge in [-0.05, 0) is 36.1 Å². The van der Waals surface area contributed by atoms with Crippen LogP contribution < -0.4 is 9.47 Å². The minimum absolute atomic E-state index is 0.0326. The number of allylic oxidation sites excluding steroid dienone is 1. The van der Waals surface area contributed by atoms with Crippen LogP contribution in [0.2, 0.25) is 0 Å². The third-order valence-corrected chi connectivity index (χ3v) is 7.36. The summed E-state index contributed by atoms with van der Waals surface area (Å²) in [6.45, 7) is 0.459. The zero-order chi connectivity index (χ0) is 22.9. The van der Waals surface area contributed by atoms with Gasteiger partial charge in [-0.25, -0.2) is 0 Å². The molecule has 0 saturated heterocycles. The normalized spacial score (nSPS) is 24.7. The Hall–Kier alpha value is -2.86. The van der Waals surface area contributed by atoms with E-state index in [1.807, 2.05) is 4.90 Å². The van der Waals surface area contributed by atoms with Crippen molar-refractivity contribution in [2.45, 2.75) is 30.3 Å². The average Bonchev–Trinajstić information content (AvgIpc) is 3.38. The fourth-order valence-corrected chi connectivity index (χ4v) is 5.61. The second-order valence-electron chi connectivity index (χ2n) is 7.85. The number of ether oxygens (including phenoxy) is 2. The number of hydrogen-bond donors (Lipinski definition) is 0. The molecule has 3 heterocycles. The Morgan fingerprint density at radius 1 is 1.09 bits per heavy atom. The van der Waals surface area contributed by atoms with E-state index in [-0.39, 0.29) is 42.9 Å². The molecular formula is C20H16F3NO7S. The van der Waals surface area contributed by atoms with Gasteiger partial charge in [-0.15, -0.1) is 0 Å². The van der Waals surface area contributed by atoms with E-state index in [4.69, 9.17) is 9.47 Å². The summed E-state index contributed by atoms with van der Waals surface area (Å²) in [6.07, 6.45) is 1.41. The predicted octanol–water partition coefficient (Wildman–Crippen LogP) is 2.09. The van der Waals surface area contributed by atoms with E-state index in [2.05, 4.69) is 4.18 Å². The summed E-state index contributed by atoms with van der Waals surface area (Å²) < 4.78 is 78.4. The zero-order valence-corrected chi connectivity index (χ0v) is 17.2. The number of alkyl halides is 3. The molecule has 170 valence electrons. The van der Waals surface area contributed by atoms with Gasteiger partial charge in [-0.2, -0.15) is 21.6 Å². The van der Waals surface area contributed by atoms with Crippen molar-refractivity contribution in [1.82, 2.24) is 4.90 Å². The maximum Gasteiger partial charge on any atom is 0.534 e. The van der Waals surface area contributed by atoms with Crippen molar-refractivity contribution in [1.29, 1.82) is 0 Å². The number of rotatable bonds is 4. The van der Waals surface area contributed by atoms with E-state index in [1.54, 1.807) is 12.1 Å². The van der Waals surface area contributed by atoms with Crippen LogP contribution in [0, 0.1) is 0 Å². The summed E-state index contributed by atoms with van der Waals surface area (Å²) in [5.74, 6) is 0.402. The van der Waals surface area contributed by atoms with Gasteiger partial charge < -0.3 is 13.7 Å². The molecule has 8 nitrogen and oxygen atoms in total. The Balaban J connectivity index is 1.79. The van der Waals surface area contributed by atoms with Gasteiger partial charge in [0, 0.05) is 36.2 Å². The summed E-state index contributed by atoms with van der Waals surface area (Å²) in [4.78, 5) is 25.6. The first-order chi connectivity index (χ1) is 15.1. The summed E-state index contributed by atoms with van der Waals surface area (Å²) in [7, 11) is -5.94. The van der Waals surface area contributed by atoms with Crippen LogP contribution in [0.1, 0.15) is 24.0 Å². The van der Waals surface area contributed by atoms with Crippen molar-refractivity contribution < 1.29 is 44.8 Å². The molecule has 1 aromatic carbocycles. The standard InChI is InChI=1S/C20H16F3NO7S/c21-20(22,23)32(27,28)31-15-1-3-19-14(9-26)12(8-25)7-24(19)4-2-11-5-16-17(30-10-29-16)6-13(11)18(15)19/h5-6,8-9H,1-4,7,10H2. The smallest absolute Gasteiger partial charge is 0.454 e. The maximum absolute atomic E-state index is 13.1. The topological polar surface area (TPSA) is 99.2 Å². The highest BCUT2D eigenvalue weighted by molar-refractivity contribution is 7.87. The van der Waals surface area contributed by atoms with E-state index in [9.17, 15) is 31.2 Å². The lowest BCUT2D eigenvalue weighted by Gasteiger charge is -2.37. The van der Waals surface area contributed by atoms with Gasteiger partial charge in [-0.3, -0.25) is 14.5 Å². The molecular weight excluding hydrogens is 455 g/mol. The lowest BCUT2D eigenvalue weighted by Crippen LogP contribution is -2.46. The zero-order valence-electron chi connectivity index (χ0n) is 16.4. The number of carbonyl (C=O) groups is 2. The molecule has 1 aliphatic carbocycles. The lowest BCUT2D eigenvalue weighted by atomic mass is 9.80. The van der Waals surface area contributed by atoms with Crippen molar-refractivity contribution >= 4 is 28.3 Å². The van der Waals surface area contributed by atoms with Gasteiger partial charge in [0.1, 0.15) is 18.3 Å². The Labute approximate surface area is 180 Å². The Kier molecular flexibility index (Phi) is 4.48. The number of fused-ring (bicyclic) bond motifs is 3. The van der Waals surface area contributed by atoms with Crippen molar-refractivity contribution in [3.63, 3.8) is 0 Å². The van der Waals surface area contributed by atoms with Crippen LogP contribution in [-0.2, 0) is 30.3 Å². The van der Waals surface area contributed by atoms with Crippen LogP contribution in [-0.4, -0.2) is 56.8 Å². The predicted molar refractivity (Wildman–Crippen MR) is 102 cm³/mol. The molecule has 5 rings (SSSR count). The van der Waals surface area contributed by atoms with Crippen molar-refractivity contribution in [3.05, 3.63) is 40.2 Å². The van der Waals surface area contributed by atoms with Crippen molar-refractivity contribution in [3.8, 4) is 11.5 Å². The molecule has 32 heavy (non-hydrogen) atoms. The lowest BCUT2D eigenvalue weighted by molar-refractivity contribution is -0.107. The summed E-state index contributed by atoms with van der Waals surface area (Å²) in [5, 5.41) is 0. The number of benzene rings is 1. The summed E-state index contributed by atoms with van der Waals surface area (Å²) in [6, 6.07) is 3.26. The molecule has 0 N–H and O–H groups in total. The van der Waals surface area contributed by atoms with Gasteiger partial charge in [0.25, 0.3) is 0 Å². The van der Waals surface area contributed by atoms with E-state index in [0.29, 0.717) is 48.2 Å². The van der Waals surface area contributed by atoms with E-state index in [0.717, 1.165) is 0 Å². The molecule has 3 aliphatic heterocycles. The van der Waals surface area contributed by atoms with Gasteiger partial charge in [-0.1, -0.05) is 0 Å². The third-order valence-electron chi connectivity index (χ3n) is 6.37. The molecule has 0 bridgehead atoms. The van der Waals surface area contributed by atoms with Crippen molar-refractivity contribution in [2.75, 3.05) is 19.9 Å². The fourth-order valence-electron chi connectivity index (χ4n) is 5.08. The Morgan fingerprint density at radius 3 is 2.47 bits per heavy atom. The fraction of sp³-hybridized carbons (Fsp3) is 0.400. The molecule has 0 radical (unpaired) electrons. The first-order valence-corrected chi connectivity index (χ1v) is 11.1. The first kappa shape index (κ1) is 21.0. The van der Waals surface area contributed by atoms with Crippen molar-refractivity contribution in [2.24, 2.45) is 0 Å². The Bertz CT molecular complexity index is 1220. The molecule has 1 unspecified atom stereocenters. The van der Waals surface area contributed by atoms with Crippen LogP contribution in [0.25, 0.3) is 5.57 Å². The highest BCUT2D eigenvalue weighted by atomic mass is 32.2. The van der Waals surface area contributed by atoms with Gasteiger partial charge >= 0.3 is 15.6 Å². The second kappa shape index (κ2) is 6.82. The highest BCUT2D eigenvalue weighted by Gasteiger charge is 2.57. The highest BCUT2D eigenvalue weighted by Crippen LogP contribution is 2.56. The largest absolute Gasteiger partial charge is 0.534 e. The van der Waals surface area contributed by atoms with Crippen LogP contribution in [0.3, 0.4) is 0 Å². The minimum Gasteiger partial charge on any atom is -0.454 e. The van der Waals surface area contributed by atoms with Gasteiger partial charge in [0.15, 0.2) is 11.5 Å². The van der Waals surface area contributed by atoms with Crippen LogP contribution in [0.5, 0.6) is 11.5 Å². The molecule has 1 atom stereocenters. The average molecular weight is 471 g/mol. The van der Waals surface area contributed by atoms with Gasteiger partial charge in [0.05, 0.1) is 5.54 Å². The van der Waals surface area contributed by atoms with E-state index >= 15 is 0 Å². The summed E-state index contributed by atoms with van der Waals surface area (Å²) in [5.41, 5.74) is -5.34. The molecule has 0 amide bonds. The van der Waals surface area contributed by atoms with Crippen LogP contribution >= 0.6 is 0 Å². The van der Waals surface area contributed by atoms with E-state index < -0.39 is 26.9 Å². The SMILES string of the molecule is O=CC1=C(C=O)C23CCC(OS(=O)(=O)C(F)(F)F)=C2c2cc4c(cc2CCN3C1)OCO4. The molecule has 0 aromatic heterocycles. The number of carbonyl (C=O) groups excluding carboxylic acids is 2. The summed E-state index contributed by atoms with van der Waals surface area (Å²) >= 11 is 0. The number of aldehydes is 2. The third kappa shape index (κ3) is 2.75. The number of halogens is 3. The van der Waals surface area contributed by atoms with Crippen LogP contribution in [0.15, 0.2) is 29.0 Å². The molecule has 1 aromatic rings. The maximum atomic E-state index is 13.1. The molecule has 12 heteroatoms. The monoisotopic (exact) mass is 471 g/mol. The quantitative estimate of drug-likeness (QED) is 0.374. The van der Waals surface area contributed by atoms with Gasteiger partial charge in [0.2, 0.25) is 6.79 Å². The Morgan fingerprint density at radius 2 is 1.81 bits per heavy atom. The number of nitrogens with zero attached hydrogens (tertiary/aromatic N) is 1. The molecule has 0 fully saturated rings. The minimum atomic E-state index is -5.94. The van der Waals surface area contributed by atoms with Crippen LogP contribution in [0.4, 0.5) is 13.2 Å².